The first-order chi connectivity index (χ1) is 11.3. The summed E-state index contributed by atoms with van der Waals surface area (Å²) in [4.78, 5) is 2.72. The third-order valence-corrected chi connectivity index (χ3v) is 6.10. The molecular weight excluding hydrogens is 302 g/mol. The van der Waals surface area contributed by atoms with Crippen LogP contribution in [0.25, 0.3) is 0 Å². The fourth-order valence-corrected chi connectivity index (χ4v) is 4.79. The Kier molecular flexibility index (Phi) is 4.41. The van der Waals surface area contributed by atoms with E-state index < -0.39 is 0 Å². The van der Waals surface area contributed by atoms with E-state index in [-0.39, 0.29) is 0 Å². The van der Waals surface area contributed by atoms with Gasteiger partial charge >= 0.3 is 0 Å². The van der Waals surface area contributed by atoms with Gasteiger partial charge in [-0.2, -0.15) is 0 Å². The minimum absolute atomic E-state index is 0.605. The molecule has 4 rings (SSSR count). The van der Waals surface area contributed by atoms with Gasteiger partial charge in [0.15, 0.2) is 0 Å². The molecule has 2 heterocycles. The van der Waals surface area contributed by atoms with Crippen LogP contribution in [0.5, 0.6) is 0 Å². The van der Waals surface area contributed by atoms with Gasteiger partial charge in [-0.25, -0.2) is 0 Å². The molecule has 3 atom stereocenters. The summed E-state index contributed by atoms with van der Waals surface area (Å²) in [7, 11) is 0. The molecule has 120 valence electrons. The molecule has 2 heteroatoms. The Morgan fingerprint density at radius 3 is 2.43 bits per heavy atom. The maximum Gasteiger partial charge on any atom is 0.0441 e. The quantitative estimate of drug-likeness (QED) is 0.708. The van der Waals surface area contributed by atoms with Crippen molar-refractivity contribution in [2.24, 2.45) is 0 Å². The molecule has 0 spiro atoms. The van der Waals surface area contributed by atoms with Crippen molar-refractivity contribution in [1.29, 1.82) is 0 Å². The maximum atomic E-state index is 6.42. The first-order valence-electron chi connectivity index (χ1n) is 8.84. The topological polar surface area (TPSA) is 3.24 Å². The van der Waals surface area contributed by atoms with E-state index in [1.165, 1.54) is 49.9 Å². The molecule has 0 saturated carbocycles. The van der Waals surface area contributed by atoms with Crippen molar-refractivity contribution in [3.63, 3.8) is 0 Å². The molecule has 2 aliphatic rings. The molecule has 0 aliphatic carbocycles. The number of benzene rings is 2. The van der Waals surface area contributed by atoms with Crippen LogP contribution in [0.3, 0.4) is 0 Å². The molecule has 2 aliphatic heterocycles. The molecular formula is C21H24ClN. The van der Waals surface area contributed by atoms with Crippen molar-refractivity contribution in [2.75, 3.05) is 13.1 Å². The van der Waals surface area contributed by atoms with Crippen molar-refractivity contribution in [2.45, 2.75) is 43.6 Å². The SMILES string of the molecule is Clc1ccccc1[C@@H]1CC[C@H]2CC(c3ccccc3)CCN2C1. The third kappa shape index (κ3) is 3.18. The lowest BCUT2D eigenvalue weighted by Gasteiger charge is -2.45. The number of rotatable bonds is 2. The highest BCUT2D eigenvalue weighted by Gasteiger charge is 2.34. The molecule has 1 nitrogen and oxygen atoms in total. The van der Waals surface area contributed by atoms with Crippen LogP contribution < -0.4 is 0 Å². The van der Waals surface area contributed by atoms with Gasteiger partial charge < -0.3 is 0 Å². The summed E-state index contributed by atoms with van der Waals surface area (Å²) < 4.78 is 0. The first kappa shape index (κ1) is 15.2. The van der Waals surface area contributed by atoms with Crippen LogP contribution in [0.2, 0.25) is 5.02 Å². The van der Waals surface area contributed by atoms with Crippen LogP contribution in [-0.2, 0) is 0 Å². The highest BCUT2D eigenvalue weighted by Crippen LogP contribution is 2.40. The standard InChI is InChI=1S/C21H24ClN/c22-21-9-5-4-8-20(21)18-10-11-19-14-17(12-13-23(19)15-18)16-6-2-1-3-7-16/h1-9,17-19H,10-15H2/t17?,18-,19+/m1/s1. The largest absolute Gasteiger partial charge is 0.300 e. The van der Waals surface area contributed by atoms with E-state index in [2.05, 4.69) is 47.4 Å². The zero-order chi connectivity index (χ0) is 15.6. The Labute approximate surface area is 144 Å². The summed E-state index contributed by atoms with van der Waals surface area (Å²) in [6.07, 6.45) is 5.18. The summed E-state index contributed by atoms with van der Waals surface area (Å²) in [5.74, 6) is 1.35. The van der Waals surface area contributed by atoms with Crippen LogP contribution >= 0.6 is 11.6 Å². The lowest BCUT2D eigenvalue weighted by Crippen LogP contribution is -2.47. The number of piperidine rings is 2. The van der Waals surface area contributed by atoms with Crippen LogP contribution in [0.4, 0.5) is 0 Å². The van der Waals surface area contributed by atoms with Gasteiger partial charge in [0.2, 0.25) is 0 Å². The van der Waals surface area contributed by atoms with Gasteiger partial charge in [0.1, 0.15) is 0 Å². The summed E-state index contributed by atoms with van der Waals surface area (Å²) in [5, 5.41) is 0.940. The lowest BCUT2D eigenvalue weighted by molar-refractivity contribution is 0.0856. The molecule has 2 aromatic carbocycles. The molecule has 23 heavy (non-hydrogen) atoms. The number of hydrogen-bond donors (Lipinski definition) is 0. The van der Waals surface area contributed by atoms with E-state index in [9.17, 15) is 0 Å². The van der Waals surface area contributed by atoms with E-state index in [0.29, 0.717) is 5.92 Å². The highest BCUT2D eigenvalue weighted by atomic mass is 35.5. The average molecular weight is 326 g/mol. The van der Waals surface area contributed by atoms with Crippen LogP contribution in [0.1, 0.15) is 48.6 Å². The molecule has 2 saturated heterocycles. The molecule has 0 aromatic heterocycles. The molecule has 0 N–H and O–H groups in total. The normalized spacial score (nSPS) is 28.3. The van der Waals surface area contributed by atoms with Gasteiger partial charge in [0.25, 0.3) is 0 Å². The third-order valence-electron chi connectivity index (χ3n) is 5.76. The molecule has 1 unspecified atom stereocenters. The fourth-order valence-electron chi connectivity index (χ4n) is 4.50. The maximum absolute atomic E-state index is 6.42. The summed E-state index contributed by atoms with van der Waals surface area (Å²) >= 11 is 6.42. The van der Waals surface area contributed by atoms with Gasteiger partial charge in [-0.05, 0) is 61.3 Å². The smallest absolute Gasteiger partial charge is 0.0441 e. The predicted molar refractivity (Wildman–Crippen MR) is 97.2 cm³/mol. The molecule has 2 aromatic rings. The van der Waals surface area contributed by atoms with Gasteiger partial charge in [-0.3, -0.25) is 4.90 Å². The van der Waals surface area contributed by atoms with Crippen molar-refractivity contribution < 1.29 is 0 Å². The molecule has 2 fully saturated rings. The van der Waals surface area contributed by atoms with E-state index >= 15 is 0 Å². The Balaban J connectivity index is 1.44. The number of hydrogen-bond acceptors (Lipinski definition) is 1. The van der Waals surface area contributed by atoms with E-state index in [0.717, 1.165) is 17.0 Å². The second-order valence-corrected chi connectivity index (χ2v) is 7.48. The summed E-state index contributed by atoms with van der Waals surface area (Å²) in [6.45, 7) is 2.40. The van der Waals surface area contributed by atoms with Crippen molar-refractivity contribution >= 4 is 11.6 Å². The molecule has 0 amide bonds. The second-order valence-electron chi connectivity index (χ2n) is 7.08. The Morgan fingerprint density at radius 2 is 1.61 bits per heavy atom. The van der Waals surface area contributed by atoms with E-state index in [1.807, 2.05) is 12.1 Å². The minimum Gasteiger partial charge on any atom is -0.300 e. The van der Waals surface area contributed by atoms with Gasteiger partial charge in [-0.15, -0.1) is 0 Å². The number of nitrogens with zero attached hydrogens (tertiary/aromatic N) is 1. The highest BCUT2D eigenvalue weighted by molar-refractivity contribution is 6.31. The van der Waals surface area contributed by atoms with Gasteiger partial charge in [0, 0.05) is 17.6 Å². The number of halogens is 1. The zero-order valence-electron chi connectivity index (χ0n) is 13.5. The summed E-state index contributed by atoms with van der Waals surface area (Å²) in [5.41, 5.74) is 2.87. The minimum atomic E-state index is 0.605. The first-order valence-corrected chi connectivity index (χ1v) is 9.22. The van der Waals surface area contributed by atoms with Gasteiger partial charge in [-0.1, -0.05) is 60.1 Å². The Hall–Kier alpha value is -1.31. The number of fused-ring (bicyclic) bond motifs is 1. The van der Waals surface area contributed by atoms with Crippen LogP contribution in [0.15, 0.2) is 54.6 Å². The summed E-state index contributed by atoms with van der Waals surface area (Å²) in [6, 6.07) is 20.2. The monoisotopic (exact) mass is 325 g/mol. The lowest BCUT2D eigenvalue weighted by atomic mass is 9.78. The fraction of sp³-hybridized carbons (Fsp3) is 0.429. The molecule has 0 radical (unpaired) electrons. The van der Waals surface area contributed by atoms with Crippen LogP contribution in [-0.4, -0.2) is 24.0 Å². The average Bonchev–Trinajstić information content (AvgIpc) is 2.62. The zero-order valence-corrected chi connectivity index (χ0v) is 14.3. The predicted octanol–water partition coefficient (Wildman–Crippen LogP) is 5.47. The van der Waals surface area contributed by atoms with Gasteiger partial charge in [0.05, 0.1) is 0 Å². The Morgan fingerprint density at radius 1 is 0.826 bits per heavy atom. The van der Waals surface area contributed by atoms with E-state index in [4.69, 9.17) is 11.6 Å². The van der Waals surface area contributed by atoms with Crippen molar-refractivity contribution in [3.05, 3.63) is 70.7 Å². The van der Waals surface area contributed by atoms with Crippen molar-refractivity contribution in [1.82, 2.24) is 4.90 Å². The second kappa shape index (κ2) is 6.67. The van der Waals surface area contributed by atoms with E-state index in [1.54, 1.807) is 0 Å². The molecule has 0 bridgehead atoms. The van der Waals surface area contributed by atoms with Crippen molar-refractivity contribution in [3.8, 4) is 0 Å². The Bertz CT molecular complexity index is 654. The van der Waals surface area contributed by atoms with Crippen LogP contribution in [0, 0.1) is 0 Å².